The summed E-state index contributed by atoms with van der Waals surface area (Å²) in [6, 6.07) is 5.88. The van der Waals surface area contributed by atoms with Crippen LogP contribution in [-0.4, -0.2) is 40.0 Å². The highest BCUT2D eigenvalue weighted by atomic mass is 32.1. The number of hydrogen-bond donors (Lipinski definition) is 3. The number of hydrogen-bond acceptors (Lipinski definition) is 8. The molecule has 11 heteroatoms. The second-order valence-electron chi connectivity index (χ2n) is 6.03. The quantitative estimate of drug-likeness (QED) is 0.264. The first kappa shape index (κ1) is 24.2. The fourth-order valence-corrected chi connectivity index (χ4v) is 3.57. The Labute approximate surface area is 180 Å². The van der Waals surface area contributed by atoms with E-state index in [1.54, 1.807) is 0 Å². The number of aliphatic hydroxyl groups excluding tert-OH is 2. The van der Waals surface area contributed by atoms with Crippen LogP contribution in [0.2, 0.25) is 0 Å². The lowest BCUT2D eigenvalue weighted by molar-refractivity contribution is -0.0804. The molecule has 1 aromatic heterocycles. The number of nitrogens with zero attached hydrogens (tertiary/aromatic N) is 1. The number of para-hydroxylation sites is 1. The van der Waals surface area contributed by atoms with Crippen LogP contribution in [0.1, 0.15) is 23.1 Å². The lowest BCUT2D eigenvalue weighted by Crippen LogP contribution is -2.25. The van der Waals surface area contributed by atoms with E-state index in [1.807, 2.05) is 25.1 Å². The third-order valence-corrected chi connectivity index (χ3v) is 5.32. The van der Waals surface area contributed by atoms with Crippen molar-refractivity contribution in [3.05, 3.63) is 56.2 Å². The summed E-state index contributed by atoms with van der Waals surface area (Å²) in [5.74, 6) is 3.19. The molecular formula is C19H23N2O7PS. The Bertz CT molecular complexity index is 1000. The van der Waals surface area contributed by atoms with E-state index in [-0.39, 0.29) is 17.1 Å². The van der Waals surface area contributed by atoms with Gasteiger partial charge in [-0.2, -0.15) is 0 Å². The Morgan fingerprint density at radius 1 is 1.50 bits per heavy atom. The fourth-order valence-electron chi connectivity index (χ4n) is 2.44. The van der Waals surface area contributed by atoms with Gasteiger partial charge in [0.15, 0.2) is 13.1 Å². The zero-order chi connectivity index (χ0) is 22.1. The summed E-state index contributed by atoms with van der Waals surface area (Å²) >= 11 is 4.87. The molecule has 1 aliphatic heterocycles. The van der Waals surface area contributed by atoms with Gasteiger partial charge in [-0.25, -0.2) is 4.79 Å². The number of aromatic amines is 1. The van der Waals surface area contributed by atoms with Crippen molar-refractivity contribution in [1.29, 1.82) is 0 Å². The van der Waals surface area contributed by atoms with Crippen LogP contribution in [0, 0.1) is 23.9 Å². The van der Waals surface area contributed by atoms with Gasteiger partial charge in [0, 0.05) is 31.8 Å². The lowest BCUT2D eigenvalue weighted by atomic mass is 10.1. The van der Waals surface area contributed by atoms with Crippen LogP contribution in [0.25, 0.3) is 0 Å². The van der Waals surface area contributed by atoms with Gasteiger partial charge in [-0.3, -0.25) is 18.6 Å². The molecule has 2 aromatic rings. The first-order chi connectivity index (χ1) is 14.4. The van der Waals surface area contributed by atoms with E-state index in [9.17, 15) is 9.90 Å². The van der Waals surface area contributed by atoms with Crippen molar-refractivity contribution in [1.82, 2.24) is 9.55 Å². The second-order valence-corrected chi connectivity index (χ2v) is 7.58. The number of aliphatic hydroxyl groups is 2. The molecular weight excluding hydrogens is 431 g/mol. The van der Waals surface area contributed by atoms with Crippen molar-refractivity contribution in [2.24, 2.45) is 0 Å². The van der Waals surface area contributed by atoms with Crippen LogP contribution >= 0.6 is 20.8 Å². The third-order valence-electron chi connectivity index (χ3n) is 4.00. The largest absolute Gasteiger partial charge is 0.426 e. The van der Waals surface area contributed by atoms with Crippen LogP contribution in [0.3, 0.4) is 0 Å². The minimum absolute atomic E-state index is 0.246. The van der Waals surface area contributed by atoms with E-state index in [0.717, 1.165) is 16.9 Å². The minimum Gasteiger partial charge on any atom is -0.426 e. The molecule has 0 spiro atoms. The average molecular weight is 454 g/mol. The number of fused-ring (bicyclic) bond motifs is 1. The Hall–Kier alpha value is -2.09. The van der Waals surface area contributed by atoms with Gasteiger partial charge in [0.1, 0.15) is 10.4 Å². The summed E-state index contributed by atoms with van der Waals surface area (Å²) in [5.41, 5.74) is 2.17. The van der Waals surface area contributed by atoms with Gasteiger partial charge >= 0.3 is 14.3 Å². The SMILES string of the molecule is C#Cc1cn(CC[C@@H](O)OC)c(=O)[nH]c1=S.Cc1cccc2c1OP(OCO)OC2. The van der Waals surface area contributed by atoms with Crippen molar-refractivity contribution >= 4 is 20.8 Å². The molecule has 0 fully saturated rings. The molecule has 0 aliphatic carbocycles. The molecule has 2 heterocycles. The van der Waals surface area contributed by atoms with Crippen molar-refractivity contribution in [2.75, 3.05) is 13.9 Å². The van der Waals surface area contributed by atoms with Crippen LogP contribution < -0.4 is 10.2 Å². The summed E-state index contributed by atoms with van der Waals surface area (Å²) in [7, 11) is -0.0370. The van der Waals surface area contributed by atoms with Crippen LogP contribution in [-0.2, 0) is 26.9 Å². The van der Waals surface area contributed by atoms with Crippen LogP contribution in [0.4, 0.5) is 0 Å². The summed E-state index contributed by atoms with van der Waals surface area (Å²) in [6.07, 6.45) is 6.11. The van der Waals surface area contributed by atoms with Gasteiger partial charge in [-0.1, -0.05) is 36.3 Å². The number of aromatic nitrogens is 2. The molecule has 0 radical (unpaired) electrons. The first-order valence-electron chi connectivity index (χ1n) is 8.84. The Balaban J connectivity index is 0.000000215. The molecule has 162 valence electrons. The maximum atomic E-state index is 11.5. The number of nitrogens with one attached hydrogen (secondary N) is 1. The third kappa shape index (κ3) is 6.72. The molecule has 1 aliphatic rings. The van der Waals surface area contributed by atoms with Gasteiger partial charge < -0.3 is 19.5 Å². The highest BCUT2D eigenvalue weighted by Gasteiger charge is 2.23. The number of aryl methyl sites for hydroxylation is 2. The highest BCUT2D eigenvalue weighted by molar-refractivity contribution is 7.71. The fraction of sp³-hybridized carbons (Fsp3) is 0.368. The summed E-state index contributed by atoms with van der Waals surface area (Å²) in [5, 5.41) is 17.8. The molecule has 0 saturated carbocycles. The topological polar surface area (TPSA) is 115 Å². The van der Waals surface area contributed by atoms with Gasteiger partial charge in [0.2, 0.25) is 0 Å². The van der Waals surface area contributed by atoms with E-state index in [1.165, 1.54) is 17.9 Å². The van der Waals surface area contributed by atoms with E-state index in [4.69, 9.17) is 37.3 Å². The van der Waals surface area contributed by atoms with Crippen LogP contribution in [0.5, 0.6) is 5.75 Å². The number of ether oxygens (including phenoxy) is 1. The minimum atomic E-state index is -1.42. The van der Waals surface area contributed by atoms with Gasteiger partial charge in [0.05, 0.1) is 12.2 Å². The number of rotatable bonds is 6. The normalized spacial score (nSPS) is 15.8. The molecule has 9 nitrogen and oxygen atoms in total. The van der Waals surface area contributed by atoms with Crippen molar-refractivity contribution < 1.29 is 28.5 Å². The summed E-state index contributed by atoms with van der Waals surface area (Å²) < 4.78 is 21.9. The smallest absolute Gasteiger partial charge is 0.399 e. The number of terminal acetylenes is 1. The maximum Gasteiger partial charge on any atom is 0.399 e. The number of benzene rings is 1. The van der Waals surface area contributed by atoms with Gasteiger partial charge in [-0.15, -0.1) is 6.42 Å². The Morgan fingerprint density at radius 2 is 2.27 bits per heavy atom. The number of methoxy groups -OCH3 is 1. The highest BCUT2D eigenvalue weighted by Crippen LogP contribution is 2.47. The Kier molecular flexibility index (Phi) is 9.62. The number of H-pyrrole nitrogens is 1. The van der Waals surface area contributed by atoms with Crippen molar-refractivity contribution in [3.8, 4) is 18.1 Å². The molecule has 30 heavy (non-hydrogen) atoms. The second kappa shape index (κ2) is 11.9. The van der Waals surface area contributed by atoms with Gasteiger partial charge in [0.25, 0.3) is 0 Å². The summed E-state index contributed by atoms with van der Waals surface area (Å²) in [4.78, 5) is 13.9. The molecule has 3 N–H and O–H groups in total. The van der Waals surface area contributed by atoms with E-state index in [2.05, 4.69) is 15.6 Å². The molecule has 0 saturated heterocycles. The van der Waals surface area contributed by atoms with E-state index in [0.29, 0.717) is 25.1 Å². The maximum absolute atomic E-state index is 11.5. The average Bonchev–Trinajstić information content (AvgIpc) is 2.74. The molecule has 0 amide bonds. The standard InChI is InChI=1S/C10H12N2O3S.C9H11O4P/c1-3-7-6-12(5-4-8(13)15-2)10(14)11-9(7)16;1-7-3-2-4-8-5-11-14(12-6-10)13-9(7)8/h1,6,8,13H,4-5H2,2H3,(H,11,14,16);2-4,10H,5-6H2,1H3/t8-;/m0./s1. The first-order valence-corrected chi connectivity index (χ1v) is 10.3. The molecule has 1 aromatic carbocycles. The zero-order valence-corrected chi connectivity index (χ0v) is 18.2. The zero-order valence-electron chi connectivity index (χ0n) is 16.5. The predicted molar refractivity (Wildman–Crippen MR) is 113 cm³/mol. The monoisotopic (exact) mass is 454 g/mol. The molecule has 3 rings (SSSR count). The predicted octanol–water partition coefficient (Wildman–Crippen LogP) is 2.34. The van der Waals surface area contributed by atoms with E-state index >= 15 is 0 Å². The lowest BCUT2D eigenvalue weighted by Gasteiger charge is -2.24. The molecule has 1 unspecified atom stereocenters. The summed E-state index contributed by atoms with van der Waals surface area (Å²) in [6.45, 7) is 2.36. The molecule has 2 atom stereocenters. The van der Waals surface area contributed by atoms with Crippen molar-refractivity contribution in [2.45, 2.75) is 32.8 Å². The van der Waals surface area contributed by atoms with Crippen molar-refractivity contribution in [3.63, 3.8) is 0 Å². The molecule has 0 bridgehead atoms. The van der Waals surface area contributed by atoms with Crippen LogP contribution in [0.15, 0.2) is 29.2 Å². The van der Waals surface area contributed by atoms with Gasteiger partial charge in [-0.05, 0) is 12.5 Å². The Morgan fingerprint density at radius 3 is 2.93 bits per heavy atom. The van der Waals surface area contributed by atoms with E-state index < -0.39 is 14.9 Å².